The molecular formula is C12H14N6O3. The van der Waals surface area contributed by atoms with E-state index >= 15 is 0 Å². The molecule has 0 saturated carbocycles. The molecule has 110 valence electrons. The Bertz CT molecular complexity index is 596. The molecule has 0 aromatic carbocycles. The first-order valence-corrected chi connectivity index (χ1v) is 6.19. The van der Waals surface area contributed by atoms with Crippen LogP contribution in [0.4, 0.5) is 4.79 Å². The van der Waals surface area contributed by atoms with Gasteiger partial charge in [0.1, 0.15) is 5.69 Å². The molecular weight excluding hydrogens is 276 g/mol. The zero-order chi connectivity index (χ0) is 15.1. The molecule has 2 amide bonds. The van der Waals surface area contributed by atoms with Crippen LogP contribution in [-0.4, -0.2) is 43.6 Å². The fourth-order valence-corrected chi connectivity index (χ4v) is 1.54. The number of aromatic nitrogens is 4. The van der Waals surface area contributed by atoms with Crippen molar-refractivity contribution >= 4 is 12.0 Å². The number of nitrogens with zero attached hydrogens (tertiary/aromatic N) is 4. The number of carbonyl (C=O) groups is 2. The average Bonchev–Trinajstić information content (AvgIpc) is 2.99. The topological polar surface area (TPSA) is 122 Å². The van der Waals surface area contributed by atoms with Crippen molar-refractivity contribution in [2.24, 2.45) is 0 Å². The molecule has 2 aromatic rings. The molecule has 3 N–H and O–H groups in total. The first-order chi connectivity index (χ1) is 10.1. The quantitative estimate of drug-likeness (QED) is 0.681. The molecule has 0 fully saturated rings. The van der Waals surface area contributed by atoms with E-state index in [-0.39, 0.29) is 18.3 Å². The van der Waals surface area contributed by atoms with Crippen LogP contribution < -0.4 is 10.6 Å². The highest BCUT2D eigenvalue weighted by atomic mass is 16.4. The number of pyridine rings is 1. The highest BCUT2D eigenvalue weighted by Gasteiger charge is 2.04. The van der Waals surface area contributed by atoms with Gasteiger partial charge in [-0.05, 0) is 11.6 Å². The van der Waals surface area contributed by atoms with Crippen LogP contribution in [0.15, 0.2) is 30.7 Å². The van der Waals surface area contributed by atoms with Crippen molar-refractivity contribution < 1.29 is 14.7 Å². The summed E-state index contributed by atoms with van der Waals surface area (Å²) in [6.07, 6.45) is 4.68. The SMILES string of the molecule is O=C(NCCn1ccnn1)NCc1ccc(C(=O)O)nc1. The molecule has 0 radical (unpaired) electrons. The van der Waals surface area contributed by atoms with E-state index in [4.69, 9.17) is 5.11 Å². The summed E-state index contributed by atoms with van der Waals surface area (Å²) in [5.41, 5.74) is 0.683. The lowest BCUT2D eigenvalue weighted by Gasteiger charge is -2.07. The van der Waals surface area contributed by atoms with Gasteiger partial charge in [-0.15, -0.1) is 5.10 Å². The monoisotopic (exact) mass is 290 g/mol. The van der Waals surface area contributed by atoms with Crippen LogP contribution in [0.1, 0.15) is 16.1 Å². The average molecular weight is 290 g/mol. The zero-order valence-corrected chi connectivity index (χ0v) is 11.1. The second-order valence-corrected chi connectivity index (χ2v) is 4.13. The van der Waals surface area contributed by atoms with Crippen LogP contribution in [0.5, 0.6) is 0 Å². The third-order valence-corrected chi connectivity index (χ3v) is 2.60. The Balaban J connectivity index is 1.69. The van der Waals surface area contributed by atoms with E-state index in [1.807, 2.05) is 0 Å². The molecule has 0 aliphatic heterocycles. The Morgan fingerprint density at radius 1 is 1.29 bits per heavy atom. The Morgan fingerprint density at radius 2 is 2.14 bits per heavy atom. The number of aromatic carboxylic acids is 1. The molecule has 0 saturated heterocycles. The maximum atomic E-state index is 11.5. The van der Waals surface area contributed by atoms with Crippen LogP contribution in [0.2, 0.25) is 0 Å². The van der Waals surface area contributed by atoms with E-state index in [0.29, 0.717) is 18.7 Å². The molecule has 2 aromatic heterocycles. The van der Waals surface area contributed by atoms with Crippen molar-refractivity contribution in [2.45, 2.75) is 13.1 Å². The first kappa shape index (κ1) is 14.4. The van der Waals surface area contributed by atoms with Gasteiger partial charge in [0.25, 0.3) is 0 Å². The summed E-state index contributed by atoms with van der Waals surface area (Å²) in [6, 6.07) is 2.67. The van der Waals surface area contributed by atoms with Gasteiger partial charge in [-0.1, -0.05) is 11.3 Å². The minimum atomic E-state index is -1.08. The van der Waals surface area contributed by atoms with Gasteiger partial charge in [0, 0.05) is 25.5 Å². The molecule has 0 spiro atoms. The largest absolute Gasteiger partial charge is 0.477 e. The predicted molar refractivity (Wildman–Crippen MR) is 71.5 cm³/mol. The summed E-state index contributed by atoms with van der Waals surface area (Å²) in [5, 5.41) is 21.4. The lowest BCUT2D eigenvalue weighted by Crippen LogP contribution is -2.36. The van der Waals surface area contributed by atoms with E-state index in [2.05, 4.69) is 25.9 Å². The van der Waals surface area contributed by atoms with Crippen molar-refractivity contribution in [3.63, 3.8) is 0 Å². The lowest BCUT2D eigenvalue weighted by atomic mass is 10.2. The number of nitrogens with one attached hydrogen (secondary N) is 2. The van der Waals surface area contributed by atoms with Crippen molar-refractivity contribution in [1.82, 2.24) is 30.6 Å². The molecule has 0 aliphatic rings. The summed E-state index contributed by atoms with van der Waals surface area (Å²) < 4.78 is 1.61. The van der Waals surface area contributed by atoms with Gasteiger partial charge in [0.2, 0.25) is 0 Å². The van der Waals surface area contributed by atoms with E-state index in [1.165, 1.54) is 12.3 Å². The standard InChI is InChI=1S/C12H14N6O3/c19-11(20)10-2-1-9(7-14-10)8-15-12(21)13-3-5-18-6-4-16-17-18/h1-2,4,6-7H,3,5,8H2,(H,19,20)(H2,13,15,21). The van der Waals surface area contributed by atoms with Crippen LogP contribution in [0.25, 0.3) is 0 Å². The van der Waals surface area contributed by atoms with Gasteiger partial charge in [0.05, 0.1) is 12.7 Å². The van der Waals surface area contributed by atoms with Gasteiger partial charge in [0.15, 0.2) is 0 Å². The van der Waals surface area contributed by atoms with Crippen LogP contribution in [-0.2, 0) is 13.1 Å². The number of carboxylic acid groups (broad SMARTS) is 1. The van der Waals surface area contributed by atoms with Crippen molar-refractivity contribution in [1.29, 1.82) is 0 Å². The highest BCUT2D eigenvalue weighted by Crippen LogP contribution is 1.99. The fraction of sp³-hybridized carbons (Fsp3) is 0.250. The Morgan fingerprint density at radius 3 is 2.76 bits per heavy atom. The molecule has 21 heavy (non-hydrogen) atoms. The fourth-order valence-electron chi connectivity index (χ4n) is 1.54. The van der Waals surface area contributed by atoms with Crippen LogP contribution >= 0.6 is 0 Å². The summed E-state index contributed by atoms with van der Waals surface area (Å²) in [7, 11) is 0. The second kappa shape index (κ2) is 6.98. The number of hydrogen-bond donors (Lipinski definition) is 3. The molecule has 0 unspecified atom stereocenters. The summed E-state index contributed by atoms with van der Waals surface area (Å²) in [5.74, 6) is -1.08. The first-order valence-electron chi connectivity index (χ1n) is 6.19. The summed E-state index contributed by atoms with van der Waals surface area (Å²) >= 11 is 0. The molecule has 0 aliphatic carbocycles. The molecule has 2 heterocycles. The molecule has 9 nitrogen and oxygen atoms in total. The zero-order valence-electron chi connectivity index (χ0n) is 11.1. The van der Waals surface area contributed by atoms with Crippen molar-refractivity contribution in [3.8, 4) is 0 Å². The lowest BCUT2D eigenvalue weighted by molar-refractivity contribution is 0.0690. The van der Waals surface area contributed by atoms with Gasteiger partial charge in [-0.3, -0.25) is 4.68 Å². The van der Waals surface area contributed by atoms with Crippen LogP contribution in [0, 0.1) is 0 Å². The molecule has 2 rings (SSSR count). The van der Waals surface area contributed by atoms with E-state index in [0.717, 1.165) is 0 Å². The number of carbonyl (C=O) groups excluding carboxylic acids is 1. The van der Waals surface area contributed by atoms with E-state index in [9.17, 15) is 9.59 Å². The smallest absolute Gasteiger partial charge is 0.354 e. The molecule has 9 heteroatoms. The van der Waals surface area contributed by atoms with Gasteiger partial charge >= 0.3 is 12.0 Å². The van der Waals surface area contributed by atoms with Crippen LogP contribution in [0.3, 0.4) is 0 Å². The summed E-state index contributed by atoms with van der Waals surface area (Å²) in [4.78, 5) is 25.9. The number of carboxylic acids is 1. The highest BCUT2D eigenvalue weighted by molar-refractivity contribution is 5.85. The number of hydrogen-bond acceptors (Lipinski definition) is 5. The second-order valence-electron chi connectivity index (χ2n) is 4.13. The Labute approximate surface area is 120 Å². The molecule has 0 atom stereocenters. The van der Waals surface area contributed by atoms with Crippen molar-refractivity contribution in [3.05, 3.63) is 42.0 Å². The van der Waals surface area contributed by atoms with Crippen molar-refractivity contribution in [2.75, 3.05) is 6.54 Å². The molecule has 0 bridgehead atoms. The Kier molecular flexibility index (Phi) is 4.80. The maximum Gasteiger partial charge on any atom is 0.354 e. The maximum absolute atomic E-state index is 11.5. The minimum Gasteiger partial charge on any atom is -0.477 e. The number of amides is 2. The predicted octanol–water partition coefficient (Wildman–Crippen LogP) is -0.129. The van der Waals surface area contributed by atoms with Gasteiger partial charge < -0.3 is 15.7 Å². The third-order valence-electron chi connectivity index (χ3n) is 2.60. The Hall–Kier alpha value is -2.97. The van der Waals surface area contributed by atoms with E-state index < -0.39 is 5.97 Å². The normalized spacial score (nSPS) is 10.1. The minimum absolute atomic E-state index is 0.0315. The summed E-state index contributed by atoms with van der Waals surface area (Å²) in [6.45, 7) is 1.22. The number of rotatable bonds is 6. The number of urea groups is 1. The van der Waals surface area contributed by atoms with Gasteiger partial charge in [-0.25, -0.2) is 14.6 Å². The third kappa shape index (κ3) is 4.56. The van der Waals surface area contributed by atoms with E-state index in [1.54, 1.807) is 23.1 Å². The van der Waals surface area contributed by atoms with Gasteiger partial charge in [-0.2, -0.15) is 0 Å².